The molecule has 2 aromatic carbocycles. The van der Waals surface area contributed by atoms with Gasteiger partial charge in [0.1, 0.15) is 0 Å². The number of benzene rings is 2. The zero-order chi connectivity index (χ0) is 18.9. The van der Waals surface area contributed by atoms with Gasteiger partial charge in [-0.15, -0.1) is 0 Å². The summed E-state index contributed by atoms with van der Waals surface area (Å²) in [5, 5.41) is 10.7. The Bertz CT molecular complexity index is 763. The van der Waals surface area contributed by atoms with E-state index >= 15 is 0 Å². The minimum atomic E-state index is -0.318. The van der Waals surface area contributed by atoms with Gasteiger partial charge in [-0.1, -0.05) is 72.8 Å². The minimum Gasteiger partial charge on any atom is -0.392 e. The smallest absolute Gasteiger partial charge is 0.0670 e. The lowest BCUT2D eigenvalue weighted by Gasteiger charge is -2.26. The molecule has 1 unspecified atom stereocenters. The van der Waals surface area contributed by atoms with E-state index in [1.165, 1.54) is 22.3 Å². The van der Waals surface area contributed by atoms with Crippen molar-refractivity contribution in [1.82, 2.24) is 4.90 Å². The maximum atomic E-state index is 10.7. The Morgan fingerprint density at radius 2 is 1.74 bits per heavy atom. The molecule has 1 aliphatic rings. The predicted molar refractivity (Wildman–Crippen MR) is 114 cm³/mol. The molecule has 1 aliphatic carbocycles. The van der Waals surface area contributed by atoms with Crippen LogP contribution in [0.25, 0.3) is 0 Å². The lowest BCUT2D eigenvalue weighted by molar-refractivity contribution is 0.107. The number of aliphatic hydroxyl groups is 1. The second kappa shape index (κ2) is 10.2. The van der Waals surface area contributed by atoms with Crippen LogP contribution in [0.5, 0.6) is 0 Å². The second-order valence-electron chi connectivity index (χ2n) is 7.53. The molecule has 3 rings (SSSR count). The van der Waals surface area contributed by atoms with Crippen molar-refractivity contribution in [3.63, 3.8) is 0 Å². The summed E-state index contributed by atoms with van der Waals surface area (Å²) in [4.78, 5) is 2.37. The Labute approximate surface area is 163 Å². The van der Waals surface area contributed by atoms with Crippen LogP contribution in [0.2, 0.25) is 0 Å². The largest absolute Gasteiger partial charge is 0.392 e. The highest BCUT2D eigenvalue weighted by Crippen LogP contribution is 2.16. The molecule has 0 saturated carbocycles. The maximum Gasteiger partial charge on any atom is 0.0670 e. The SMILES string of the molecule is Cc1ccccc1CCC(O)CN(CC1=CCCC=C1)Cc1ccccc1. The summed E-state index contributed by atoms with van der Waals surface area (Å²) in [5.41, 5.74) is 5.31. The average molecular weight is 362 g/mol. The van der Waals surface area contributed by atoms with Crippen molar-refractivity contribution >= 4 is 0 Å². The Morgan fingerprint density at radius 1 is 0.963 bits per heavy atom. The Balaban J connectivity index is 1.60. The highest BCUT2D eigenvalue weighted by Gasteiger charge is 2.14. The molecule has 2 aromatic rings. The summed E-state index contributed by atoms with van der Waals surface area (Å²) in [6, 6.07) is 19.0. The van der Waals surface area contributed by atoms with E-state index in [0.29, 0.717) is 6.54 Å². The van der Waals surface area contributed by atoms with Gasteiger partial charge in [0.2, 0.25) is 0 Å². The number of hydrogen-bond acceptors (Lipinski definition) is 2. The second-order valence-corrected chi connectivity index (χ2v) is 7.53. The fraction of sp³-hybridized carbons (Fsp3) is 0.360. The number of nitrogens with zero attached hydrogens (tertiary/aromatic N) is 1. The van der Waals surface area contributed by atoms with Crippen molar-refractivity contribution in [3.8, 4) is 0 Å². The molecular weight excluding hydrogens is 330 g/mol. The molecule has 0 heterocycles. The summed E-state index contributed by atoms with van der Waals surface area (Å²) in [6.07, 6.45) is 10.5. The lowest BCUT2D eigenvalue weighted by Crippen LogP contribution is -2.34. The van der Waals surface area contributed by atoms with E-state index < -0.39 is 0 Å². The number of rotatable bonds is 9. The van der Waals surface area contributed by atoms with Gasteiger partial charge in [0.05, 0.1) is 6.10 Å². The van der Waals surface area contributed by atoms with Gasteiger partial charge < -0.3 is 5.11 Å². The molecule has 1 N–H and O–H groups in total. The molecule has 142 valence electrons. The van der Waals surface area contributed by atoms with Gasteiger partial charge >= 0.3 is 0 Å². The molecule has 0 bridgehead atoms. The third-order valence-electron chi connectivity index (χ3n) is 5.20. The van der Waals surface area contributed by atoms with Crippen LogP contribution < -0.4 is 0 Å². The fourth-order valence-corrected chi connectivity index (χ4v) is 3.67. The van der Waals surface area contributed by atoms with Crippen LogP contribution in [-0.2, 0) is 13.0 Å². The van der Waals surface area contributed by atoms with E-state index in [-0.39, 0.29) is 6.10 Å². The highest BCUT2D eigenvalue weighted by molar-refractivity contribution is 5.26. The number of allylic oxidation sites excluding steroid dienone is 2. The molecule has 0 fully saturated rings. The average Bonchev–Trinajstić information content (AvgIpc) is 2.69. The molecule has 0 aliphatic heterocycles. The van der Waals surface area contributed by atoms with Crippen LogP contribution in [0.15, 0.2) is 78.4 Å². The molecule has 0 amide bonds. The molecule has 2 nitrogen and oxygen atoms in total. The van der Waals surface area contributed by atoms with Gasteiger partial charge in [0, 0.05) is 19.6 Å². The Morgan fingerprint density at radius 3 is 2.48 bits per heavy atom. The molecule has 0 radical (unpaired) electrons. The maximum absolute atomic E-state index is 10.7. The van der Waals surface area contributed by atoms with Crippen LogP contribution in [0.1, 0.15) is 36.0 Å². The molecule has 27 heavy (non-hydrogen) atoms. The summed E-state index contributed by atoms with van der Waals surface area (Å²) in [5.74, 6) is 0. The zero-order valence-electron chi connectivity index (χ0n) is 16.3. The molecule has 2 heteroatoms. The molecule has 1 atom stereocenters. The van der Waals surface area contributed by atoms with Crippen LogP contribution in [0, 0.1) is 6.92 Å². The van der Waals surface area contributed by atoms with Gasteiger partial charge in [-0.25, -0.2) is 0 Å². The number of aryl methyl sites for hydroxylation is 2. The van der Waals surface area contributed by atoms with Crippen LogP contribution in [0.4, 0.5) is 0 Å². The first-order valence-electron chi connectivity index (χ1n) is 10.0. The monoisotopic (exact) mass is 361 g/mol. The van der Waals surface area contributed by atoms with Crippen molar-refractivity contribution in [3.05, 3.63) is 95.1 Å². The first-order valence-corrected chi connectivity index (χ1v) is 10.0. The topological polar surface area (TPSA) is 23.5 Å². The summed E-state index contributed by atoms with van der Waals surface area (Å²) in [6.45, 7) is 4.61. The standard InChI is InChI=1S/C25H31NO/c1-21-10-8-9-15-24(21)16-17-25(27)20-26(18-22-11-4-2-5-12-22)19-23-13-6-3-7-14-23/h2,4-6,8-15,25,27H,3,7,16-20H2,1H3. The zero-order valence-corrected chi connectivity index (χ0v) is 16.3. The predicted octanol–water partition coefficient (Wildman–Crippen LogP) is 5.07. The first kappa shape index (κ1) is 19.6. The number of hydrogen-bond donors (Lipinski definition) is 1. The fourth-order valence-electron chi connectivity index (χ4n) is 3.67. The highest BCUT2D eigenvalue weighted by atomic mass is 16.3. The van der Waals surface area contributed by atoms with Crippen LogP contribution in [-0.4, -0.2) is 29.2 Å². The van der Waals surface area contributed by atoms with Gasteiger partial charge in [-0.3, -0.25) is 4.90 Å². The van der Waals surface area contributed by atoms with E-state index in [1.54, 1.807) is 0 Å². The van der Waals surface area contributed by atoms with Gasteiger partial charge in [0.15, 0.2) is 0 Å². The molecule has 0 aromatic heterocycles. The van der Waals surface area contributed by atoms with E-state index in [9.17, 15) is 5.11 Å². The van der Waals surface area contributed by atoms with Gasteiger partial charge in [0.25, 0.3) is 0 Å². The van der Waals surface area contributed by atoms with Crippen molar-refractivity contribution in [2.24, 2.45) is 0 Å². The van der Waals surface area contributed by atoms with E-state index in [1.807, 2.05) is 0 Å². The quantitative estimate of drug-likeness (QED) is 0.674. The van der Waals surface area contributed by atoms with Crippen molar-refractivity contribution < 1.29 is 5.11 Å². The minimum absolute atomic E-state index is 0.318. The summed E-state index contributed by atoms with van der Waals surface area (Å²) < 4.78 is 0. The number of aliphatic hydroxyl groups excluding tert-OH is 1. The van der Waals surface area contributed by atoms with Crippen LogP contribution >= 0.6 is 0 Å². The molecule has 0 spiro atoms. The summed E-state index contributed by atoms with van der Waals surface area (Å²) in [7, 11) is 0. The van der Waals surface area contributed by atoms with Crippen molar-refractivity contribution in [1.29, 1.82) is 0 Å². The van der Waals surface area contributed by atoms with Gasteiger partial charge in [-0.2, -0.15) is 0 Å². The van der Waals surface area contributed by atoms with Crippen LogP contribution in [0.3, 0.4) is 0 Å². The first-order chi connectivity index (χ1) is 13.2. The normalized spacial score (nSPS) is 15.0. The Hall–Kier alpha value is -2.16. The van der Waals surface area contributed by atoms with Crippen molar-refractivity contribution in [2.45, 2.75) is 45.3 Å². The molecular formula is C25H31NO. The van der Waals surface area contributed by atoms with Crippen molar-refractivity contribution in [2.75, 3.05) is 13.1 Å². The third-order valence-corrected chi connectivity index (χ3v) is 5.20. The Kier molecular flexibility index (Phi) is 7.44. The van der Waals surface area contributed by atoms with E-state index in [4.69, 9.17) is 0 Å². The van der Waals surface area contributed by atoms with Gasteiger partial charge in [-0.05, 0) is 54.9 Å². The molecule has 0 saturated heterocycles. The van der Waals surface area contributed by atoms with E-state index in [2.05, 4.69) is 84.6 Å². The summed E-state index contributed by atoms with van der Waals surface area (Å²) >= 11 is 0. The lowest BCUT2D eigenvalue weighted by atomic mass is 10.0. The third kappa shape index (κ3) is 6.50. The van der Waals surface area contributed by atoms with E-state index in [0.717, 1.165) is 38.8 Å².